The molecule has 0 bridgehead atoms. The Labute approximate surface area is 92.2 Å². The summed E-state index contributed by atoms with van der Waals surface area (Å²) >= 11 is 0. The lowest BCUT2D eigenvalue weighted by molar-refractivity contribution is -0.154. The summed E-state index contributed by atoms with van der Waals surface area (Å²) in [6.07, 6.45) is -0.409. The predicted octanol–water partition coefficient (Wildman–Crippen LogP) is 2.78. The van der Waals surface area contributed by atoms with E-state index in [0.29, 0.717) is 0 Å². The number of rotatable bonds is 3. The molecule has 1 aliphatic rings. The molecule has 1 saturated carbocycles. The van der Waals surface area contributed by atoms with E-state index in [0.717, 1.165) is 5.56 Å². The van der Waals surface area contributed by atoms with Gasteiger partial charge in [-0.3, -0.25) is 4.79 Å². The van der Waals surface area contributed by atoms with Gasteiger partial charge >= 0.3 is 5.97 Å². The highest BCUT2D eigenvalue weighted by Crippen LogP contribution is 2.60. The second-order valence-electron chi connectivity index (χ2n) is 4.28. The first-order valence-electron chi connectivity index (χ1n) is 5.05. The minimum Gasteiger partial charge on any atom is -0.460 e. The van der Waals surface area contributed by atoms with Crippen LogP contribution in [0.3, 0.4) is 0 Å². The number of benzene rings is 1. The summed E-state index contributed by atoms with van der Waals surface area (Å²) < 4.78 is 30.6. The molecule has 2 rings (SSSR count). The number of ether oxygens (including phenoxy) is 1. The zero-order valence-electron chi connectivity index (χ0n) is 8.87. The van der Waals surface area contributed by atoms with Gasteiger partial charge in [0.1, 0.15) is 12.0 Å². The monoisotopic (exact) mass is 226 g/mol. The first-order chi connectivity index (χ1) is 7.46. The Kier molecular flexibility index (Phi) is 2.45. The average Bonchev–Trinajstić information content (AvgIpc) is 2.78. The van der Waals surface area contributed by atoms with E-state index >= 15 is 0 Å². The number of esters is 1. The smallest absolute Gasteiger partial charge is 0.318 e. The molecule has 0 amide bonds. The van der Waals surface area contributed by atoms with E-state index in [9.17, 15) is 13.6 Å². The van der Waals surface area contributed by atoms with Crippen LogP contribution >= 0.6 is 0 Å². The largest absolute Gasteiger partial charge is 0.460 e. The molecule has 86 valence electrons. The third-order valence-electron chi connectivity index (χ3n) is 2.92. The molecule has 0 heterocycles. The summed E-state index contributed by atoms with van der Waals surface area (Å²) in [5, 5.41) is 0. The molecule has 2 nitrogen and oxygen atoms in total. The number of hydrogen-bond donors (Lipinski definition) is 0. The van der Waals surface area contributed by atoms with Crippen LogP contribution in [0.25, 0.3) is 0 Å². The summed E-state index contributed by atoms with van der Waals surface area (Å²) in [5.74, 6) is -3.72. The minimum atomic E-state index is -2.90. The average molecular weight is 226 g/mol. The Morgan fingerprint density at radius 1 is 1.38 bits per heavy atom. The molecule has 1 atom stereocenters. The number of carbonyl (C=O) groups is 1. The molecule has 0 N–H and O–H groups in total. The van der Waals surface area contributed by atoms with Gasteiger partial charge in [-0.15, -0.1) is 0 Å². The molecule has 0 unspecified atom stereocenters. The summed E-state index contributed by atoms with van der Waals surface area (Å²) in [5.41, 5.74) is -0.815. The first-order valence-corrected chi connectivity index (χ1v) is 5.05. The van der Waals surface area contributed by atoms with Crippen LogP contribution in [0.1, 0.15) is 18.9 Å². The fourth-order valence-corrected chi connectivity index (χ4v) is 1.50. The fraction of sp³-hybridized carbons (Fsp3) is 0.417. The van der Waals surface area contributed by atoms with Crippen LogP contribution in [0.15, 0.2) is 30.3 Å². The van der Waals surface area contributed by atoms with Crippen LogP contribution in [-0.2, 0) is 16.1 Å². The second kappa shape index (κ2) is 3.54. The van der Waals surface area contributed by atoms with Crippen molar-refractivity contribution in [2.24, 2.45) is 5.41 Å². The summed E-state index contributed by atoms with van der Waals surface area (Å²) in [6, 6.07) is 9.00. The third-order valence-corrected chi connectivity index (χ3v) is 2.92. The standard InChI is InChI=1S/C12H12F2O2/c1-11(8-12(11,13)14)10(15)16-7-9-5-3-2-4-6-9/h2-6H,7-8H2,1H3/t11-/m0/s1. The molecule has 0 saturated heterocycles. The van der Waals surface area contributed by atoms with Crippen molar-refractivity contribution >= 4 is 5.97 Å². The minimum absolute atomic E-state index is 0.0470. The predicted molar refractivity (Wildman–Crippen MR) is 53.9 cm³/mol. The van der Waals surface area contributed by atoms with Gasteiger partial charge in [-0.05, 0) is 12.5 Å². The lowest BCUT2D eigenvalue weighted by Crippen LogP contribution is -2.21. The van der Waals surface area contributed by atoms with E-state index in [-0.39, 0.29) is 6.61 Å². The van der Waals surface area contributed by atoms with E-state index in [2.05, 4.69) is 0 Å². The molecule has 0 spiro atoms. The van der Waals surface area contributed by atoms with Crippen molar-refractivity contribution < 1.29 is 18.3 Å². The van der Waals surface area contributed by atoms with Gasteiger partial charge < -0.3 is 4.74 Å². The molecule has 0 aliphatic heterocycles. The quantitative estimate of drug-likeness (QED) is 0.741. The topological polar surface area (TPSA) is 26.3 Å². The van der Waals surface area contributed by atoms with Crippen LogP contribution in [0.5, 0.6) is 0 Å². The normalized spacial score (nSPS) is 26.2. The van der Waals surface area contributed by atoms with E-state index in [1.165, 1.54) is 6.92 Å². The highest BCUT2D eigenvalue weighted by Gasteiger charge is 2.73. The van der Waals surface area contributed by atoms with Crippen LogP contribution in [-0.4, -0.2) is 11.9 Å². The molecule has 16 heavy (non-hydrogen) atoms. The zero-order valence-corrected chi connectivity index (χ0v) is 8.87. The van der Waals surface area contributed by atoms with Gasteiger partial charge in [-0.2, -0.15) is 0 Å². The van der Waals surface area contributed by atoms with Gasteiger partial charge in [0.15, 0.2) is 0 Å². The van der Waals surface area contributed by atoms with Crippen LogP contribution in [0, 0.1) is 5.41 Å². The Hall–Kier alpha value is -1.45. The molecular formula is C12H12F2O2. The first kappa shape index (κ1) is 11.0. The Morgan fingerprint density at radius 2 is 1.94 bits per heavy atom. The van der Waals surface area contributed by atoms with Crippen molar-refractivity contribution in [3.8, 4) is 0 Å². The van der Waals surface area contributed by atoms with Gasteiger partial charge in [-0.1, -0.05) is 30.3 Å². The van der Waals surface area contributed by atoms with E-state index in [4.69, 9.17) is 4.74 Å². The van der Waals surface area contributed by atoms with Crippen molar-refractivity contribution in [3.63, 3.8) is 0 Å². The number of carbonyl (C=O) groups excluding carboxylic acids is 1. The Bertz CT molecular complexity index is 403. The van der Waals surface area contributed by atoms with Crippen molar-refractivity contribution in [3.05, 3.63) is 35.9 Å². The van der Waals surface area contributed by atoms with Gasteiger partial charge in [0, 0.05) is 6.42 Å². The van der Waals surface area contributed by atoms with Gasteiger partial charge in [0.2, 0.25) is 0 Å². The highest BCUT2D eigenvalue weighted by molar-refractivity contribution is 5.81. The van der Waals surface area contributed by atoms with Crippen molar-refractivity contribution in [1.82, 2.24) is 0 Å². The maximum absolute atomic E-state index is 12.9. The Morgan fingerprint density at radius 3 is 2.44 bits per heavy atom. The van der Waals surface area contributed by atoms with Crippen molar-refractivity contribution in [2.75, 3.05) is 0 Å². The van der Waals surface area contributed by atoms with Gasteiger partial charge in [0.25, 0.3) is 5.92 Å². The molecule has 1 aromatic rings. The van der Waals surface area contributed by atoms with E-state index in [1.54, 1.807) is 24.3 Å². The third kappa shape index (κ3) is 1.79. The lowest BCUT2D eigenvalue weighted by atomic mass is 10.1. The van der Waals surface area contributed by atoms with E-state index < -0.39 is 23.7 Å². The van der Waals surface area contributed by atoms with Crippen molar-refractivity contribution in [2.45, 2.75) is 25.9 Å². The summed E-state index contributed by atoms with van der Waals surface area (Å²) in [4.78, 5) is 11.4. The van der Waals surface area contributed by atoms with Crippen molar-refractivity contribution in [1.29, 1.82) is 0 Å². The van der Waals surface area contributed by atoms with E-state index in [1.807, 2.05) is 6.07 Å². The summed E-state index contributed by atoms with van der Waals surface area (Å²) in [6.45, 7) is 1.28. The fourth-order valence-electron chi connectivity index (χ4n) is 1.50. The maximum atomic E-state index is 12.9. The van der Waals surface area contributed by atoms with Crippen LogP contribution in [0.2, 0.25) is 0 Å². The van der Waals surface area contributed by atoms with Gasteiger partial charge in [-0.25, -0.2) is 8.78 Å². The summed E-state index contributed by atoms with van der Waals surface area (Å²) in [7, 11) is 0. The SMILES string of the molecule is C[C@@]1(C(=O)OCc2ccccc2)CC1(F)F. The molecule has 1 fully saturated rings. The highest BCUT2D eigenvalue weighted by atomic mass is 19.3. The number of halogens is 2. The second-order valence-corrected chi connectivity index (χ2v) is 4.28. The van der Waals surface area contributed by atoms with Gasteiger partial charge in [0.05, 0.1) is 0 Å². The number of alkyl halides is 2. The Balaban J connectivity index is 1.91. The maximum Gasteiger partial charge on any atom is 0.318 e. The zero-order chi connectivity index (χ0) is 11.8. The molecular weight excluding hydrogens is 214 g/mol. The van der Waals surface area contributed by atoms with Crippen LogP contribution in [0.4, 0.5) is 8.78 Å². The molecule has 0 radical (unpaired) electrons. The molecule has 4 heteroatoms. The molecule has 1 aliphatic carbocycles. The molecule has 0 aromatic heterocycles. The number of hydrogen-bond acceptors (Lipinski definition) is 2. The van der Waals surface area contributed by atoms with Crippen LogP contribution < -0.4 is 0 Å². The lowest BCUT2D eigenvalue weighted by Gasteiger charge is -2.10. The molecule has 1 aromatic carbocycles.